The van der Waals surface area contributed by atoms with Gasteiger partial charge < -0.3 is 14.2 Å². The summed E-state index contributed by atoms with van der Waals surface area (Å²) in [6, 6.07) is 0. The largest absolute Gasteiger partial charge is 0.385 e. The highest BCUT2D eigenvalue weighted by Crippen LogP contribution is 2.42. The Morgan fingerprint density at radius 2 is 2.24 bits per heavy atom. The van der Waals surface area contributed by atoms with Gasteiger partial charge in [0.2, 0.25) is 5.89 Å². The number of thiazole rings is 1. The molecular weight excluding hydrogens is 340 g/mol. The van der Waals surface area contributed by atoms with Gasteiger partial charge in [-0.1, -0.05) is 5.16 Å². The van der Waals surface area contributed by atoms with Crippen LogP contribution in [0.2, 0.25) is 0 Å². The van der Waals surface area contributed by atoms with Gasteiger partial charge >= 0.3 is 0 Å². The van der Waals surface area contributed by atoms with Crippen molar-refractivity contribution in [1.29, 1.82) is 0 Å². The number of likely N-dealkylation sites (tertiary alicyclic amines) is 1. The number of aromatic nitrogens is 3. The van der Waals surface area contributed by atoms with Gasteiger partial charge in [0.15, 0.2) is 5.82 Å². The van der Waals surface area contributed by atoms with E-state index in [1.165, 1.54) is 11.3 Å². The lowest BCUT2D eigenvalue weighted by molar-refractivity contribution is 0.0611. The molecule has 25 heavy (non-hydrogen) atoms. The second-order valence-electron chi connectivity index (χ2n) is 6.92. The van der Waals surface area contributed by atoms with E-state index in [-0.39, 0.29) is 11.3 Å². The fourth-order valence-electron chi connectivity index (χ4n) is 3.45. The standard InChI is InChI=1S/C17H22N4O3S/c1-23-9-6-17(16-19-14(24-20-16)12-2-3-12)4-7-21(8-5-17)15(22)13-10-25-11-18-13/h10-12H,2-9H2,1H3. The molecule has 2 aromatic rings. The van der Waals surface area contributed by atoms with Crippen molar-refractivity contribution < 1.29 is 14.1 Å². The van der Waals surface area contributed by atoms with Crippen LogP contribution in [0, 0.1) is 0 Å². The lowest BCUT2D eigenvalue weighted by atomic mass is 9.75. The summed E-state index contributed by atoms with van der Waals surface area (Å²) in [7, 11) is 1.71. The molecule has 2 aromatic heterocycles. The average molecular weight is 362 g/mol. The van der Waals surface area contributed by atoms with Crippen molar-refractivity contribution in [3.8, 4) is 0 Å². The maximum absolute atomic E-state index is 12.5. The SMILES string of the molecule is COCCC1(c2noc(C3CC3)n2)CCN(C(=O)c2cscn2)CC1. The van der Waals surface area contributed by atoms with E-state index in [2.05, 4.69) is 10.1 Å². The van der Waals surface area contributed by atoms with Gasteiger partial charge in [-0.05, 0) is 32.1 Å². The zero-order chi connectivity index (χ0) is 17.3. The first-order valence-electron chi connectivity index (χ1n) is 8.72. The summed E-state index contributed by atoms with van der Waals surface area (Å²) < 4.78 is 10.8. The van der Waals surface area contributed by atoms with E-state index < -0.39 is 0 Å². The summed E-state index contributed by atoms with van der Waals surface area (Å²) in [6.07, 6.45) is 4.75. The van der Waals surface area contributed by atoms with Gasteiger partial charge in [-0.2, -0.15) is 4.98 Å². The highest BCUT2D eigenvalue weighted by molar-refractivity contribution is 7.07. The second-order valence-corrected chi connectivity index (χ2v) is 7.64. The molecule has 1 saturated carbocycles. The molecule has 0 aromatic carbocycles. The first-order valence-corrected chi connectivity index (χ1v) is 9.67. The number of piperidine rings is 1. The summed E-state index contributed by atoms with van der Waals surface area (Å²) >= 11 is 1.44. The Kier molecular flexibility index (Phi) is 4.56. The van der Waals surface area contributed by atoms with Gasteiger partial charge in [0.05, 0.1) is 5.51 Å². The van der Waals surface area contributed by atoms with Gasteiger partial charge in [0.25, 0.3) is 5.91 Å². The van der Waals surface area contributed by atoms with Crippen LogP contribution in [0.15, 0.2) is 15.4 Å². The van der Waals surface area contributed by atoms with E-state index in [9.17, 15) is 4.79 Å². The Morgan fingerprint density at radius 3 is 2.88 bits per heavy atom. The third-order valence-electron chi connectivity index (χ3n) is 5.29. The quantitative estimate of drug-likeness (QED) is 0.786. The summed E-state index contributed by atoms with van der Waals surface area (Å²) in [5.74, 6) is 2.01. The third kappa shape index (κ3) is 3.32. The molecule has 2 aliphatic rings. The lowest BCUT2D eigenvalue weighted by Gasteiger charge is -2.39. The molecule has 7 nitrogen and oxygen atoms in total. The monoisotopic (exact) mass is 362 g/mol. The number of hydrogen-bond donors (Lipinski definition) is 0. The van der Waals surface area contributed by atoms with E-state index in [1.54, 1.807) is 18.0 Å². The normalized spacial score (nSPS) is 20.0. The average Bonchev–Trinajstić information content (AvgIpc) is 3.15. The van der Waals surface area contributed by atoms with Crippen molar-refractivity contribution in [2.75, 3.05) is 26.8 Å². The van der Waals surface area contributed by atoms with Gasteiger partial charge in [-0.15, -0.1) is 11.3 Å². The summed E-state index contributed by atoms with van der Waals surface area (Å²) in [5.41, 5.74) is 2.05. The third-order valence-corrected chi connectivity index (χ3v) is 5.87. The minimum atomic E-state index is -0.175. The van der Waals surface area contributed by atoms with Gasteiger partial charge in [0.1, 0.15) is 5.69 Å². The second kappa shape index (κ2) is 6.84. The van der Waals surface area contributed by atoms with Crippen LogP contribution in [0.3, 0.4) is 0 Å². The maximum atomic E-state index is 12.5. The van der Waals surface area contributed by atoms with E-state index in [0.717, 1.165) is 43.8 Å². The number of nitrogens with zero attached hydrogens (tertiary/aromatic N) is 4. The summed E-state index contributed by atoms with van der Waals surface area (Å²) in [4.78, 5) is 23.2. The Morgan fingerprint density at radius 1 is 1.44 bits per heavy atom. The van der Waals surface area contributed by atoms with Crippen LogP contribution in [-0.4, -0.2) is 52.7 Å². The first-order chi connectivity index (χ1) is 12.2. The van der Waals surface area contributed by atoms with E-state index in [4.69, 9.17) is 14.2 Å². The zero-order valence-corrected chi connectivity index (χ0v) is 15.1. The van der Waals surface area contributed by atoms with E-state index in [1.807, 2.05) is 4.90 Å². The Bertz CT molecular complexity index is 718. The van der Waals surface area contributed by atoms with Crippen LogP contribution in [0.25, 0.3) is 0 Å². The predicted molar refractivity (Wildman–Crippen MR) is 91.7 cm³/mol. The number of hydrogen-bond acceptors (Lipinski definition) is 7. The first kappa shape index (κ1) is 16.7. The van der Waals surface area contributed by atoms with Crippen LogP contribution < -0.4 is 0 Å². The molecule has 4 rings (SSSR count). The minimum Gasteiger partial charge on any atom is -0.385 e. The molecule has 0 unspecified atom stereocenters. The van der Waals surface area contributed by atoms with E-state index >= 15 is 0 Å². The van der Waals surface area contributed by atoms with Crippen molar-refractivity contribution in [3.05, 3.63) is 28.3 Å². The molecule has 134 valence electrons. The molecule has 0 bridgehead atoms. The van der Waals surface area contributed by atoms with Crippen molar-refractivity contribution in [3.63, 3.8) is 0 Å². The van der Waals surface area contributed by atoms with Gasteiger partial charge in [-0.3, -0.25) is 4.79 Å². The van der Waals surface area contributed by atoms with Crippen LogP contribution in [0.4, 0.5) is 0 Å². The number of methoxy groups -OCH3 is 1. The fourth-order valence-corrected chi connectivity index (χ4v) is 3.97. The summed E-state index contributed by atoms with van der Waals surface area (Å²) in [5, 5.41) is 6.09. The van der Waals surface area contributed by atoms with Crippen LogP contribution in [0.5, 0.6) is 0 Å². The molecule has 1 saturated heterocycles. The number of amides is 1. The van der Waals surface area contributed by atoms with Crippen LogP contribution in [-0.2, 0) is 10.2 Å². The van der Waals surface area contributed by atoms with Gasteiger partial charge in [-0.25, -0.2) is 4.98 Å². The Hall–Kier alpha value is -1.80. The maximum Gasteiger partial charge on any atom is 0.273 e. The summed E-state index contributed by atoms with van der Waals surface area (Å²) in [6.45, 7) is 1.99. The molecule has 8 heteroatoms. The molecule has 0 atom stereocenters. The topological polar surface area (TPSA) is 81.4 Å². The molecule has 0 spiro atoms. The zero-order valence-electron chi connectivity index (χ0n) is 14.3. The number of rotatable bonds is 6. The fraction of sp³-hybridized carbons (Fsp3) is 0.647. The van der Waals surface area contributed by atoms with Crippen LogP contribution in [0.1, 0.15) is 60.2 Å². The number of carbonyl (C=O) groups is 1. The Labute approximate surface area is 150 Å². The predicted octanol–water partition coefficient (Wildman–Crippen LogP) is 2.61. The molecule has 0 N–H and O–H groups in total. The van der Waals surface area contributed by atoms with E-state index in [0.29, 0.717) is 31.3 Å². The molecule has 1 amide bonds. The highest BCUT2D eigenvalue weighted by Gasteiger charge is 2.42. The van der Waals surface area contributed by atoms with Crippen molar-refractivity contribution >= 4 is 17.2 Å². The van der Waals surface area contributed by atoms with Gasteiger partial charge in [0, 0.05) is 43.5 Å². The highest BCUT2D eigenvalue weighted by atomic mass is 32.1. The van der Waals surface area contributed by atoms with Crippen molar-refractivity contribution in [1.82, 2.24) is 20.0 Å². The minimum absolute atomic E-state index is 0.00775. The molecule has 1 aliphatic heterocycles. The number of ether oxygens (including phenoxy) is 1. The Balaban J connectivity index is 1.49. The molecule has 0 radical (unpaired) electrons. The van der Waals surface area contributed by atoms with Crippen LogP contribution >= 0.6 is 11.3 Å². The molecule has 1 aliphatic carbocycles. The lowest BCUT2D eigenvalue weighted by Crippen LogP contribution is -2.46. The smallest absolute Gasteiger partial charge is 0.273 e. The van der Waals surface area contributed by atoms with Crippen molar-refractivity contribution in [2.45, 2.75) is 43.4 Å². The molecule has 2 fully saturated rings. The molecular formula is C17H22N4O3S. The van der Waals surface area contributed by atoms with Crippen molar-refractivity contribution in [2.24, 2.45) is 0 Å². The molecule has 3 heterocycles. The number of carbonyl (C=O) groups excluding carboxylic acids is 1.